The number of aromatic amines is 1. The number of unbranched alkanes of at least 4 members (excludes halogenated alkanes) is 2. The fourth-order valence-corrected chi connectivity index (χ4v) is 4.72. The molecule has 2 heterocycles. The molecular formula is C27H32ClN3O5. The SMILES string of the molecule is CCCCCOc1ccc(C2c3c(-c4cc(Cl)c(C)cc4O)n[nH]c3C(=O)N2CCO)cc1OCC. The van der Waals surface area contributed by atoms with Gasteiger partial charge >= 0.3 is 0 Å². The van der Waals surface area contributed by atoms with Crippen molar-refractivity contribution in [3.63, 3.8) is 0 Å². The highest BCUT2D eigenvalue weighted by Crippen LogP contribution is 2.46. The Labute approximate surface area is 215 Å². The third kappa shape index (κ3) is 4.88. The van der Waals surface area contributed by atoms with Crippen LogP contribution in [0.3, 0.4) is 0 Å². The van der Waals surface area contributed by atoms with E-state index in [2.05, 4.69) is 17.1 Å². The molecule has 1 amide bonds. The number of aromatic nitrogens is 2. The van der Waals surface area contributed by atoms with Crippen LogP contribution >= 0.6 is 11.6 Å². The Morgan fingerprint density at radius 2 is 1.94 bits per heavy atom. The number of phenols is 1. The predicted molar refractivity (Wildman–Crippen MR) is 138 cm³/mol. The number of nitrogens with one attached hydrogen (secondary N) is 1. The number of aryl methyl sites for hydroxylation is 1. The van der Waals surface area contributed by atoms with Crippen molar-refractivity contribution in [2.75, 3.05) is 26.4 Å². The molecule has 1 aliphatic rings. The molecule has 0 aliphatic carbocycles. The summed E-state index contributed by atoms with van der Waals surface area (Å²) in [5.74, 6) is 0.968. The lowest BCUT2D eigenvalue weighted by Crippen LogP contribution is -2.32. The zero-order valence-electron chi connectivity index (χ0n) is 20.8. The Balaban J connectivity index is 1.80. The van der Waals surface area contributed by atoms with Crippen LogP contribution in [0.1, 0.15) is 66.3 Å². The summed E-state index contributed by atoms with van der Waals surface area (Å²) in [6, 6.07) is 8.29. The predicted octanol–water partition coefficient (Wildman–Crippen LogP) is 5.25. The van der Waals surface area contributed by atoms with E-state index in [0.717, 1.165) is 30.4 Å². The number of aliphatic hydroxyl groups excluding tert-OH is 1. The molecule has 0 fully saturated rings. The van der Waals surface area contributed by atoms with Crippen LogP contribution in [0.5, 0.6) is 17.2 Å². The summed E-state index contributed by atoms with van der Waals surface area (Å²) >= 11 is 6.36. The van der Waals surface area contributed by atoms with Gasteiger partial charge in [-0.3, -0.25) is 9.89 Å². The van der Waals surface area contributed by atoms with Crippen LogP contribution in [0.25, 0.3) is 11.3 Å². The average molecular weight is 514 g/mol. The van der Waals surface area contributed by atoms with Gasteiger partial charge in [-0.05, 0) is 55.7 Å². The number of phenolic OH excluding ortho intramolecular Hbond substituents is 1. The fourth-order valence-electron chi connectivity index (χ4n) is 4.56. The van der Waals surface area contributed by atoms with Gasteiger partial charge < -0.3 is 24.6 Å². The Kier molecular flexibility index (Phi) is 8.06. The largest absolute Gasteiger partial charge is 0.507 e. The highest BCUT2D eigenvalue weighted by atomic mass is 35.5. The van der Waals surface area contributed by atoms with Gasteiger partial charge in [-0.2, -0.15) is 5.10 Å². The van der Waals surface area contributed by atoms with Gasteiger partial charge in [-0.15, -0.1) is 0 Å². The summed E-state index contributed by atoms with van der Waals surface area (Å²) in [4.78, 5) is 14.9. The molecule has 9 heteroatoms. The number of aliphatic hydroxyl groups is 1. The molecule has 0 spiro atoms. The first kappa shape index (κ1) is 25.9. The van der Waals surface area contributed by atoms with Crippen LogP contribution in [0.15, 0.2) is 30.3 Å². The van der Waals surface area contributed by atoms with Gasteiger partial charge in [0.05, 0.1) is 25.9 Å². The van der Waals surface area contributed by atoms with E-state index in [1.165, 1.54) is 0 Å². The van der Waals surface area contributed by atoms with Crippen molar-refractivity contribution >= 4 is 17.5 Å². The maximum atomic E-state index is 13.3. The molecule has 2 aromatic carbocycles. The first-order chi connectivity index (χ1) is 17.4. The molecule has 36 heavy (non-hydrogen) atoms. The monoisotopic (exact) mass is 513 g/mol. The van der Waals surface area contributed by atoms with E-state index < -0.39 is 6.04 Å². The number of hydrogen-bond donors (Lipinski definition) is 3. The molecule has 3 aromatic rings. The highest BCUT2D eigenvalue weighted by Gasteiger charge is 2.42. The number of ether oxygens (including phenoxy) is 2. The minimum absolute atomic E-state index is 0.0174. The van der Waals surface area contributed by atoms with Crippen LogP contribution in [0.2, 0.25) is 5.02 Å². The second-order valence-electron chi connectivity index (χ2n) is 8.80. The van der Waals surface area contributed by atoms with Crippen LogP contribution in [0.4, 0.5) is 0 Å². The molecule has 1 aliphatic heterocycles. The summed E-state index contributed by atoms with van der Waals surface area (Å²) in [5.41, 5.74) is 3.30. The van der Waals surface area contributed by atoms with E-state index in [4.69, 9.17) is 21.1 Å². The molecule has 0 saturated heterocycles. The highest BCUT2D eigenvalue weighted by molar-refractivity contribution is 6.31. The number of amides is 1. The van der Waals surface area contributed by atoms with Crippen LogP contribution in [-0.2, 0) is 0 Å². The van der Waals surface area contributed by atoms with Crippen molar-refractivity contribution in [1.82, 2.24) is 15.1 Å². The van der Waals surface area contributed by atoms with Gasteiger partial charge in [-0.25, -0.2) is 0 Å². The lowest BCUT2D eigenvalue weighted by molar-refractivity contribution is 0.0706. The lowest BCUT2D eigenvalue weighted by atomic mass is 9.95. The fraction of sp³-hybridized carbons (Fsp3) is 0.407. The molecule has 1 atom stereocenters. The normalized spacial score (nSPS) is 14.9. The van der Waals surface area contributed by atoms with Crippen molar-refractivity contribution in [2.45, 2.75) is 46.1 Å². The molecule has 1 unspecified atom stereocenters. The van der Waals surface area contributed by atoms with Gasteiger partial charge in [0.15, 0.2) is 11.5 Å². The molecule has 192 valence electrons. The zero-order valence-corrected chi connectivity index (χ0v) is 21.6. The van der Waals surface area contributed by atoms with E-state index in [1.54, 1.807) is 24.0 Å². The molecule has 0 radical (unpaired) electrons. The first-order valence-corrected chi connectivity index (χ1v) is 12.7. The number of fused-ring (bicyclic) bond motifs is 1. The number of nitrogens with zero attached hydrogens (tertiary/aromatic N) is 2. The summed E-state index contributed by atoms with van der Waals surface area (Å²) in [6.07, 6.45) is 3.15. The number of β-amino-alcohol motifs (C(OH)–C–C–N with tert-alkyl or cyclic N) is 1. The number of H-pyrrole nitrogens is 1. The molecule has 8 nitrogen and oxygen atoms in total. The molecule has 1 aromatic heterocycles. The average Bonchev–Trinajstić information content (AvgIpc) is 3.39. The van der Waals surface area contributed by atoms with Crippen molar-refractivity contribution in [3.05, 3.63) is 57.7 Å². The van der Waals surface area contributed by atoms with Crippen molar-refractivity contribution in [2.24, 2.45) is 0 Å². The van der Waals surface area contributed by atoms with E-state index in [0.29, 0.717) is 52.3 Å². The maximum absolute atomic E-state index is 13.3. The summed E-state index contributed by atoms with van der Waals surface area (Å²) in [6.45, 7) is 6.83. The number of carbonyl (C=O) groups excluding carboxylic acids is 1. The van der Waals surface area contributed by atoms with Crippen LogP contribution < -0.4 is 9.47 Å². The number of carbonyl (C=O) groups is 1. The Morgan fingerprint density at radius 1 is 1.14 bits per heavy atom. The number of hydrogen-bond acceptors (Lipinski definition) is 6. The summed E-state index contributed by atoms with van der Waals surface area (Å²) < 4.78 is 11.9. The Hall–Kier alpha value is -3.23. The topological polar surface area (TPSA) is 108 Å². The zero-order chi connectivity index (χ0) is 25.8. The molecule has 4 rings (SSSR count). The van der Waals surface area contributed by atoms with Gasteiger partial charge in [-0.1, -0.05) is 37.4 Å². The van der Waals surface area contributed by atoms with Crippen molar-refractivity contribution < 1.29 is 24.5 Å². The van der Waals surface area contributed by atoms with Crippen LogP contribution in [-0.4, -0.2) is 57.6 Å². The molecule has 0 bridgehead atoms. The molecular weight excluding hydrogens is 482 g/mol. The van der Waals surface area contributed by atoms with Gasteiger partial charge in [0.2, 0.25) is 0 Å². The van der Waals surface area contributed by atoms with E-state index in [-0.39, 0.29) is 24.8 Å². The van der Waals surface area contributed by atoms with Gasteiger partial charge in [0.1, 0.15) is 17.1 Å². The molecule has 0 saturated carbocycles. The minimum atomic E-state index is -0.554. The van der Waals surface area contributed by atoms with Gasteiger partial charge in [0.25, 0.3) is 5.91 Å². The number of halogens is 1. The van der Waals surface area contributed by atoms with Gasteiger partial charge in [0, 0.05) is 22.7 Å². The second kappa shape index (κ2) is 11.2. The third-order valence-electron chi connectivity index (χ3n) is 6.33. The third-order valence-corrected chi connectivity index (χ3v) is 6.73. The second-order valence-corrected chi connectivity index (χ2v) is 9.21. The Morgan fingerprint density at radius 3 is 2.67 bits per heavy atom. The first-order valence-electron chi connectivity index (χ1n) is 12.3. The standard InChI is InChI=1S/C27H32ClN3O5/c1-4-6-7-12-36-21-9-8-17(14-22(21)35-5-2)26-23-24(18-15-19(28)16(3)13-20(18)33)29-30-25(23)27(34)31(26)10-11-32/h8-9,13-15,26,32-33H,4-7,10-12H2,1-3H3,(H,29,30). The molecule has 3 N–H and O–H groups in total. The summed E-state index contributed by atoms with van der Waals surface area (Å²) in [7, 11) is 0. The maximum Gasteiger partial charge on any atom is 0.273 e. The van der Waals surface area contributed by atoms with E-state index >= 15 is 0 Å². The van der Waals surface area contributed by atoms with E-state index in [9.17, 15) is 15.0 Å². The number of benzene rings is 2. The lowest BCUT2D eigenvalue weighted by Gasteiger charge is -2.26. The smallest absolute Gasteiger partial charge is 0.273 e. The van der Waals surface area contributed by atoms with Crippen LogP contribution in [0, 0.1) is 6.92 Å². The Bertz CT molecular complexity index is 1240. The summed E-state index contributed by atoms with van der Waals surface area (Å²) in [5, 5.41) is 28.1. The van der Waals surface area contributed by atoms with Crippen molar-refractivity contribution in [3.8, 4) is 28.5 Å². The van der Waals surface area contributed by atoms with Crippen molar-refractivity contribution in [1.29, 1.82) is 0 Å². The number of rotatable bonds is 11. The minimum Gasteiger partial charge on any atom is -0.507 e. The quantitative estimate of drug-likeness (QED) is 0.302. The van der Waals surface area contributed by atoms with E-state index in [1.807, 2.05) is 25.1 Å². The number of aromatic hydroxyl groups is 1.